The fraction of sp³-hybridized carbons (Fsp3) is 0.467. The van der Waals surface area contributed by atoms with Crippen molar-refractivity contribution in [2.45, 2.75) is 38.1 Å². The van der Waals surface area contributed by atoms with E-state index < -0.39 is 0 Å². The van der Waals surface area contributed by atoms with Crippen LogP contribution in [0.15, 0.2) is 36.4 Å². The van der Waals surface area contributed by atoms with Crippen LogP contribution in [-0.4, -0.2) is 6.04 Å². The summed E-state index contributed by atoms with van der Waals surface area (Å²) in [6.45, 7) is 2.28. The molecular weight excluding hydrogens is 194 g/mol. The highest BCUT2D eigenvalue weighted by atomic mass is 14.9. The molecule has 1 heterocycles. The molecular formula is C15H19N. The van der Waals surface area contributed by atoms with Crippen LogP contribution in [0.25, 0.3) is 0 Å². The van der Waals surface area contributed by atoms with Crippen LogP contribution in [0.5, 0.6) is 0 Å². The van der Waals surface area contributed by atoms with Gasteiger partial charge in [0, 0.05) is 17.6 Å². The van der Waals surface area contributed by atoms with E-state index in [2.05, 4.69) is 48.7 Å². The van der Waals surface area contributed by atoms with Crippen LogP contribution < -0.4 is 5.32 Å². The number of hydrogen-bond donors (Lipinski definition) is 1. The summed E-state index contributed by atoms with van der Waals surface area (Å²) in [5.74, 6) is 1.45. The Balaban J connectivity index is 1.98. The van der Waals surface area contributed by atoms with Crippen molar-refractivity contribution in [1.82, 2.24) is 0 Å². The van der Waals surface area contributed by atoms with Gasteiger partial charge in [-0.1, -0.05) is 43.7 Å². The van der Waals surface area contributed by atoms with Crippen LogP contribution in [0.4, 0.5) is 5.69 Å². The summed E-state index contributed by atoms with van der Waals surface area (Å²) >= 11 is 0. The van der Waals surface area contributed by atoms with E-state index in [-0.39, 0.29) is 0 Å². The number of para-hydroxylation sites is 1. The van der Waals surface area contributed by atoms with Crippen molar-refractivity contribution in [2.75, 3.05) is 5.32 Å². The van der Waals surface area contributed by atoms with Gasteiger partial charge in [-0.3, -0.25) is 0 Å². The molecule has 3 atom stereocenters. The molecule has 2 aliphatic rings. The van der Waals surface area contributed by atoms with Gasteiger partial charge in [-0.15, -0.1) is 0 Å². The Morgan fingerprint density at radius 1 is 1.31 bits per heavy atom. The average Bonchev–Trinajstić information content (AvgIpc) is 2.79. The molecule has 1 aliphatic carbocycles. The second-order valence-corrected chi connectivity index (χ2v) is 4.98. The Labute approximate surface area is 97.6 Å². The predicted octanol–water partition coefficient (Wildman–Crippen LogP) is 3.94. The number of fused-ring (bicyclic) bond motifs is 3. The lowest BCUT2D eigenvalue weighted by molar-refractivity contribution is 0.394. The minimum absolute atomic E-state index is 0.661. The van der Waals surface area contributed by atoms with Crippen molar-refractivity contribution in [3.8, 4) is 0 Å². The zero-order chi connectivity index (χ0) is 11.0. The maximum Gasteiger partial charge on any atom is 0.0381 e. The summed E-state index contributed by atoms with van der Waals surface area (Å²) in [5.41, 5.74) is 2.85. The molecule has 16 heavy (non-hydrogen) atoms. The molecule has 0 saturated carbocycles. The first-order valence-corrected chi connectivity index (χ1v) is 6.42. The van der Waals surface area contributed by atoms with E-state index in [9.17, 15) is 0 Å². The van der Waals surface area contributed by atoms with E-state index in [0.29, 0.717) is 12.0 Å². The minimum atomic E-state index is 0.661. The largest absolute Gasteiger partial charge is 0.382 e. The second kappa shape index (κ2) is 3.97. The molecule has 1 aliphatic heterocycles. The molecule has 0 aromatic heterocycles. The van der Waals surface area contributed by atoms with Gasteiger partial charge >= 0.3 is 0 Å². The lowest BCUT2D eigenvalue weighted by Gasteiger charge is -2.37. The van der Waals surface area contributed by atoms with Gasteiger partial charge in [0.1, 0.15) is 0 Å². The highest BCUT2D eigenvalue weighted by Crippen LogP contribution is 2.45. The first-order valence-electron chi connectivity index (χ1n) is 6.42. The van der Waals surface area contributed by atoms with Crippen LogP contribution in [0.2, 0.25) is 0 Å². The maximum atomic E-state index is 3.73. The normalized spacial score (nSPS) is 30.7. The van der Waals surface area contributed by atoms with E-state index in [4.69, 9.17) is 0 Å². The highest BCUT2D eigenvalue weighted by Gasteiger charge is 2.35. The molecule has 1 nitrogen and oxygen atoms in total. The lowest BCUT2D eigenvalue weighted by Crippen LogP contribution is -2.35. The summed E-state index contributed by atoms with van der Waals surface area (Å²) in [4.78, 5) is 0. The molecule has 0 bridgehead atoms. The van der Waals surface area contributed by atoms with Gasteiger partial charge in [-0.25, -0.2) is 0 Å². The van der Waals surface area contributed by atoms with Crippen molar-refractivity contribution in [3.05, 3.63) is 42.0 Å². The Bertz CT molecular complexity index is 408. The maximum absolute atomic E-state index is 3.73. The molecule has 1 heteroatoms. The topological polar surface area (TPSA) is 12.0 Å². The van der Waals surface area contributed by atoms with Crippen molar-refractivity contribution in [3.63, 3.8) is 0 Å². The van der Waals surface area contributed by atoms with Crippen LogP contribution in [-0.2, 0) is 0 Å². The molecule has 3 rings (SSSR count). The Kier molecular flexibility index (Phi) is 2.47. The van der Waals surface area contributed by atoms with Crippen LogP contribution in [0.1, 0.15) is 37.7 Å². The summed E-state index contributed by atoms with van der Waals surface area (Å²) < 4.78 is 0. The predicted molar refractivity (Wildman–Crippen MR) is 68.7 cm³/mol. The van der Waals surface area contributed by atoms with Gasteiger partial charge in [0.15, 0.2) is 0 Å². The molecule has 84 valence electrons. The third kappa shape index (κ3) is 1.46. The SMILES string of the molecule is CCCC1Nc2ccccc2C2C=CCC12. The van der Waals surface area contributed by atoms with E-state index in [0.717, 1.165) is 5.92 Å². The smallest absolute Gasteiger partial charge is 0.0381 e. The van der Waals surface area contributed by atoms with Crippen LogP contribution >= 0.6 is 0 Å². The molecule has 0 amide bonds. The van der Waals surface area contributed by atoms with Crippen molar-refractivity contribution in [1.29, 1.82) is 0 Å². The third-order valence-electron chi connectivity index (χ3n) is 3.99. The van der Waals surface area contributed by atoms with E-state index >= 15 is 0 Å². The molecule has 0 fully saturated rings. The molecule has 0 spiro atoms. The van der Waals surface area contributed by atoms with Gasteiger partial charge in [0.25, 0.3) is 0 Å². The fourth-order valence-electron chi connectivity index (χ4n) is 3.24. The molecule has 1 aromatic carbocycles. The van der Waals surface area contributed by atoms with Gasteiger partial charge in [0.2, 0.25) is 0 Å². The van der Waals surface area contributed by atoms with Crippen LogP contribution in [0, 0.1) is 5.92 Å². The Hall–Kier alpha value is -1.24. The highest BCUT2D eigenvalue weighted by molar-refractivity contribution is 5.58. The molecule has 1 N–H and O–H groups in total. The number of benzene rings is 1. The zero-order valence-electron chi connectivity index (χ0n) is 9.82. The van der Waals surface area contributed by atoms with Gasteiger partial charge < -0.3 is 5.32 Å². The Morgan fingerprint density at radius 3 is 3.06 bits per heavy atom. The molecule has 0 saturated heterocycles. The molecule has 0 radical (unpaired) electrons. The summed E-state index contributed by atoms with van der Waals surface area (Å²) in [7, 11) is 0. The lowest BCUT2D eigenvalue weighted by atomic mass is 9.78. The summed E-state index contributed by atoms with van der Waals surface area (Å²) in [5, 5.41) is 3.73. The van der Waals surface area contributed by atoms with Gasteiger partial charge in [0.05, 0.1) is 0 Å². The number of rotatable bonds is 2. The van der Waals surface area contributed by atoms with E-state index in [1.165, 1.54) is 30.5 Å². The third-order valence-corrected chi connectivity index (χ3v) is 3.99. The summed E-state index contributed by atoms with van der Waals surface area (Å²) in [6, 6.07) is 9.45. The molecule has 1 aromatic rings. The van der Waals surface area contributed by atoms with E-state index in [1.807, 2.05) is 0 Å². The van der Waals surface area contributed by atoms with Gasteiger partial charge in [-0.2, -0.15) is 0 Å². The van der Waals surface area contributed by atoms with Crippen molar-refractivity contribution in [2.24, 2.45) is 5.92 Å². The first-order chi connectivity index (χ1) is 7.90. The number of hydrogen-bond acceptors (Lipinski definition) is 1. The van der Waals surface area contributed by atoms with Crippen molar-refractivity contribution >= 4 is 5.69 Å². The van der Waals surface area contributed by atoms with Crippen molar-refractivity contribution < 1.29 is 0 Å². The number of anilines is 1. The minimum Gasteiger partial charge on any atom is -0.382 e. The molecule has 3 unspecified atom stereocenters. The quantitative estimate of drug-likeness (QED) is 0.734. The van der Waals surface area contributed by atoms with Gasteiger partial charge in [-0.05, 0) is 30.4 Å². The number of allylic oxidation sites excluding steroid dienone is 2. The first kappa shape index (κ1) is 9.95. The zero-order valence-corrected chi connectivity index (χ0v) is 9.82. The monoisotopic (exact) mass is 213 g/mol. The van der Waals surface area contributed by atoms with Crippen LogP contribution in [0.3, 0.4) is 0 Å². The second-order valence-electron chi connectivity index (χ2n) is 4.98. The fourth-order valence-corrected chi connectivity index (χ4v) is 3.24. The number of nitrogens with one attached hydrogen (secondary N) is 1. The average molecular weight is 213 g/mol. The standard InChI is InChI=1S/C15H19N/c1-2-6-14-13-9-5-8-11(13)12-7-3-4-10-15(12)16-14/h3-5,7-8,10-11,13-14,16H,2,6,9H2,1H3. The Morgan fingerprint density at radius 2 is 2.19 bits per heavy atom. The summed E-state index contributed by atoms with van der Waals surface area (Å²) in [6.07, 6.45) is 8.58. The van der Waals surface area contributed by atoms with E-state index in [1.54, 1.807) is 0 Å².